The summed E-state index contributed by atoms with van der Waals surface area (Å²) in [4.78, 5) is 29.3. The first-order valence-electron chi connectivity index (χ1n) is 14.5. The van der Waals surface area contributed by atoms with E-state index in [2.05, 4.69) is 4.90 Å². The lowest BCUT2D eigenvalue weighted by atomic mass is 9.96. The summed E-state index contributed by atoms with van der Waals surface area (Å²) in [5, 5.41) is 10.3. The zero-order chi connectivity index (χ0) is 30.5. The van der Waals surface area contributed by atoms with Crippen LogP contribution in [0.1, 0.15) is 45.5 Å². The minimum absolute atomic E-state index is 0.0293. The molecule has 3 aromatic carbocycles. The van der Waals surface area contributed by atoms with Gasteiger partial charge in [0.2, 0.25) is 0 Å². The van der Waals surface area contributed by atoms with Gasteiger partial charge < -0.3 is 33.9 Å². The minimum Gasteiger partial charge on any atom is -0.488 e. The summed E-state index contributed by atoms with van der Waals surface area (Å²) in [6.45, 7) is 2.14. The first-order valence-corrected chi connectivity index (χ1v) is 15.2. The molecule has 0 spiro atoms. The van der Waals surface area contributed by atoms with Crippen LogP contribution in [-0.4, -0.2) is 73.2 Å². The number of carboxylic acid groups (broad SMARTS) is 1. The van der Waals surface area contributed by atoms with Crippen molar-refractivity contribution in [3.8, 4) is 22.6 Å². The number of rotatable bonds is 6. The first-order chi connectivity index (χ1) is 21.3. The van der Waals surface area contributed by atoms with Gasteiger partial charge in [0, 0.05) is 23.1 Å². The molecule has 0 radical (unpaired) electrons. The van der Waals surface area contributed by atoms with E-state index in [4.69, 9.17) is 42.1 Å². The number of nitrogens with zero attached hydrogens (tertiary/aromatic N) is 2. The van der Waals surface area contributed by atoms with Crippen molar-refractivity contribution in [3.05, 3.63) is 75.0 Å². The molecular formula is C32H29Cl2FN2O7. The van der Waals surface area contributed by atoms with Gasteiger partial charge >= 0.3 is 5.97 Å². The van der Waals surface area contributed by atoms with E-state index in [0.717, 1.165) is 25.3 Å². The van der Waals surface area contributed by atoms with Crippen LogP contribution in [0.15, 0.2) is 42.5 Å². The van der Waals surface area contributed by atoms with E-state index >= 15 is 4.39 Å². The Labute approximate surface area is 262 Å². The van der Waals surface area contributed by atoms with E-state index in [1.54, 1.807) is 36.4 Å². The number of ether oxygens (including phenoxy) is 4. The number of morpholine rings is 1. The van der Waals surface area contributed by atoms with Crippen molar-refractivity contribution >= 4 is 40.8 Å². The molecule has 2 bridgehead atoms. The molecule has 3 saturated heterocycles. The van der Waals surface area contributed by atoms with Crippen molar-refractivity contribution in [3.63, 3.8) is 0 Å². The normalized spacial score (nSPS) is 22.5. The fourth-order valence-electron chi connectivity index (χ4n) is 6.57. The molecule has 3 aromatic rings. The highest BCUT2D eigenvalue weighted by Crippen LogP contribution is 2.43. The number of amides is 1. The Morgan fingerprint density at radius 1 is 0.955 bits per heavy atom. The molecule has 0 saturated carbocycles. The molecule has 230 valence electrons. The van der Waals surface area contributed by atoms with Crippen LogP contribution in [0.5, 0.6) is 11.5 Å². The summed E-state index contributed by atoms with van der Waals surface area (Å²) < 4.78 is 38.6. The highest BCUT2D eigenvalue weighted by Gasteiger charge is 2.40. The van der Waals surface area contributed by atoms with Crippen LogP contribution in [0, 0.1) is 5.82 Å². The number of anilines is 1. The maximum atomic E-state index is 15.6. The zero-order valence-corrected chi connectivity index (χ0v) is 25.1. The van der Waals surface area contributed by atoms with Crippen LogP contribution in [0.3, 0.4) is 0 Å². The minimum atomic E-state index is -1.19. The molecule has 0 aliphatic carbocycles. The largest absolute Gasteiger partial charge is 0.488 e. The third-order valence-corrected chi connectivity index (χ3v) is 9.25. The van der Waals surface area contributed by atoms with E-state index in [1.165, 1.54) is 4.90 Å². The van der Waals surface area contributed by atoms with E-state index in [9.17, 15) is 14.7 Å². The summed E-state index contributed by atoms with van der Waals surface area (Å²) in [5.41, 5.74) is 1.86. The van der Waals surface area contributed by atoms with Crippen molar-refractivity contribution in [2.24, 2.45) is 0 Å². The smallest absolute Gasteiger partial charge is 0.337 e. The van der Waals surface area contributed by atoms with Crippen LogP contribution >= 0.6 is 23.2 Å². The number of carboxylic acids is 1. The van der Waals surface area contributed by atoms with Gasteiger partial charge in [-0.1, -0.05) is 41.4 Å². The molecule has 3 atom stereocenters. The van der Waals surface area contributed by atoms with Crippen LogP contribution in [0.25, 0.3) is 11.1 Å². The molecule has 0 aromatic heterocycles. The third-order valence-electron chi connectivity index (χ3n) is 8.65. The molecule has 4 heterocycles. The maximum Gasteiger partial charge on any atom is 0.337 e. The molecule has 4 aliphatic rings. The molecule has 3 unspecified atom stereocenters. The van der Waals surface area contributed by atoms with Gasteiger partial charge in [-0.25, -0.2) is 9.18 Å². The van der Waals surface area contributed by atoms with Gasteiger partial charge in [-0.15, -0.1) is 0 Å². The summed E-state index contributed by atoms with van der Waals surface area (Å²) in [5.74, 6) is -1.41. The highest BCUT2D eigenvalue weighted by atomic mass is 35.5. The molecule has 9 nitrogen and oxygen atoms in total. The second kappa shape index (κ2) is 11.7. The monoisotopic (exact) mass is 642 g/mol. The lowest BCUT2D eigenvalue weighted by Crippen LogP contribution is -2.46. The Hall–Kier alpha value is -3.57. The molecule has 4 aliphatic heterocycles. The quantitative estimate of drug-likeness (QED) is 0.348. The summed E-state index contributed by atoms with van der Waals surface area (Å²) in [6, 6.07) is 11.2. The Kier molecular flexibility index (Phi) is 7.78. The second-order valence-electron chi connectivity index (χ2n) is 11.4. The standard InChI is InChI=1S/C32H29Cl2FN2O7/c33-25-8-21(44-20-6-7-41-15-20)9-26(34)29(25)31(38)36-12-17-2-1-3-22(30(17)43-16-36)23-11-28(24(32(39)40)10-27(23)35)37-18-4-5-19(37)14-42-13-18/h1-3,8-11,18-20H,4-7,12-16H2,(H,39,40). The molecule has 1 N–H and O–H groups in total. The predicted octanol–water partition coefficient (Wildman–Crippen LogP) is 6.03. The van der Waals surface area contributed by atoms with Crippen molar-refractivity contribution in [2.75, 3.05) is 38.1 Å². The molecule has 12 heteroatoms. The van der Waals surface area contributed by atoms with Crippen LogP contribution in [0.4, 0.5) is 10.1 Å². The van der Waals surface area contributed by atoms with Crippen molar-refractivity contribution in [1.82, 2.24) is 4.90 Å². The Morgan fingerprint density at radius 3 is 2.39 bits per heavy atom. The number of aromatic carboxylic acids is 1. The second-order valence-corrected chi connectivity index (χ2v) is 12.2. The van der Waals surface area contributed by atoms with E-state index in [1.807, 2.05) is 0 Å². The van der Waals surface area contributed by atoms with Gasteiger partial charge in [0.1, 0.15) is 23.4 Å². The van der Waals surface area contributed by atoms with Crippen molar-refractivity contribution < 1.29 is 38.0 Å². The molecule has 44 heavy (non-hydrogen) atoms. The van der Waals surface area contributed by atoms with Crippen LogP contribution in [0.2, 0.25) is 10.0 Å². The van der Waals surface area contributed by atoms with Crippen LogP contribution < -0.4 is 14.4 Å². The molecule has 3 fully saturated rings. The van der Waals surface area contributed by atoms with Gasteiger partial charge in [0.25, 0.3) is 5.91 Å². The summed E-state index contributed by atoms with van der Waals surface area (Å²) in [7, 11) is 0. The van der Waals surface area contributed by atoms with Gasteiger partial charge in [0.05, 0.1) is 71.9 Å². The number of carbonyl (C=O) groups excluding carboxylic acids is 1. The zero-order valence-electron chi connectivity index (χ0n) is 23.6. The lowest BCUT2D eigenvalue weighted by molar-refractivity contribution is 0.0516. The lowest BCUT2D eigenvalue weighted by Gasteiger charge is -2.37. The maximum absolute atomic E-state index is 15.6. The van der Waals surface area contributed by atoms with Gasteiger partial charge in [0.15, 0.2) is 6.73 Å². The number of carbonyl (C=O) groups is 2. The van der Waals surface area contributed by atoms with E-state index < -0.39 is 17.7 Å². The summed E-state index contributed by atoms with van der Waals surface area (Å²) >= 11 is 13.0. The molecular weight excluding hydrogens is 614 g/mol. The summed E-state index contributed by atoms with van der Waals surface area (Å²) in [6.07, 6.45) is 2.41. The Morgan fingerprint density at radius 2 is 1.70 bits per heavy atom. The first kappa shape index (κ1) is 29.2. The average molecular weight is 643 g/mol. The Balaban J connectivity index is 1.18. The molecule has 1 amide bonds. The number of para-hydroxylation sites is 1. The molecule has 7 rings (SSSR count). The third kappa shape index (κ3) is 5.23. The Bertz CT molecular complexity index is 1610. The highest BCUT2D eigenvalue weighted by molar-refractivity contribution is 6.39. The predicted molar refractivity (Wildman–Crippen MR) is 161 cm³/mol. The number of hydrogen-bond donors (Lipinski definition) is 1. The number of hydrogen-bond acceptors (Lipinski definition) is 7. The number of benzene rings is 3. The average Bonchev–Trinajstić information content (AvgIpc) is 3.60. The van der Waals surface area contributed by atoms with E-state index in [-0.39, 0.29) is 58.2 Å². The number of fused-ring (bicyclic) bond motifs is 3. The number of halogens is 3. The van der Waals surface area contributed by atoms with Gasteiger partial charge in [-0.2, -0.15) is 0 Å². The van der Waals surface area contributed by atoms with Crippen molar-refractivity contribution in [2.45, 2.75) is 44.0 Å². The van der Waals surface area contributed by atoms with E-state index in [0.29, 0.717) is 54.7 Å². The van der Waals surface area contributed by atoms with Crippen molar-refractivity contribution in [1.29, 1.82) is 0 Å². The van der Waals surface area contributed by atoms with Gasteiger partial charge in [-0.3, -0.25) is 4.79 Å². The van der Waals surface area contributed by atoms with Crippen LogP contribution in [-0.2, 0) is 16.0 Å². The topological polar surface area (TPSA) is 97.8 Å². The van der Waals surface area contributed by atoms with Gasteiger partial charge in [-0.05, 0) is 37.1 Å². The fourth-order valence-corrected chi connectivity index (χ4v) is 7.20. The SMILES string of the molecule is O=C(O)c1cc(F)c(-c2cccc3c2OCN(C(=O)c2c(Cl)cc(OC4CCOC4)cc2Cl)C3)cc1N1C2CCC1COC2. The fraction of sp³-hybridized carbons (Fsp3) is 0.375.